The molecule has 0 spiro atoms. The van der Waals surface area contributed by atoms with Crippen LogP contribution in [-0.2, 0) is 0 Å². The summed E-state index contributed by atoms with van der Waals surface area (Å²) < 4.78 is 0.674. The summed E-state index contributed by atoms with van der Waals surface area (Å²) in [5.41, 5.74) is 2.66. The van der Waals surface area contributed by atoms with Crippen molar-refractivity contribution in [3.05, 3.63) is 49.4 Å². The summed E-state index contributed by atoms with van der Waals surface area (Å²) in [5, 5.41) is 13.9. The summed E-state index contributed by atoms with van der Waals surface area (Å²) >= 11 is 4.90. The van der Waals surface area contributed by atoms with E-state index in [1.54, 1.807) is 22.9 Å². The van der Waals surface area contributed by atoms with Crippen LogP contribution in [0.15, 0.2) is 34.4 Å². The molecule has 0 saturated heterocycles. The standard InChI is InChI=1S/C11H10BrN3O2S/c1-7(11-5-13-6-18-11)14-10-3-2-8(15(16)17)4-9(10)12/h2-7,14H,1H3. The Bertz CT molecular complexity index is 559. The smallest absolute Gasteiger partial charge is 0.270 e. The summed E-state index contributed by atoms with van der Waals surface area (Å²) in [4.78, 5) is 15.3. The minimum absolute atomic E-state index is 0.0675. The molecule has 0 bridgehead atoms. The lowest BCUT2D eigenvalue weighted by Gasteiger charge is -2.14. The molecule has 1 aromatic carbocycles. The molecule has 1 aromatic heterocycles. The van der Waals surface area contributed by atoms with Gasteiger partial charge in [-0.05, 0) is 28.9 Å². The van der Waals surface area contributed by atoms with Gasteiger partial charge in [0.1, 0.15) is 0 Å². The number of nitro groups is 1. The van der Waals surface area contributed by atoms with Crippen LogP contribution in [0.3, 0.4) is 0 Å². The van der Waals surface area contributed by atoms with Crippen LogP contribution < -0.4 is 5.32 Å². The van der Waals surface area contributed by atoms with Crippen LogP contribution in [0.5, 0.6) is 0 Å². The van der Waals surface area contributed by atoms with E-state index in [2.05, 4.69) is 26.2 Å². The molecule has 2 aromatic rings. The SMILES string of the molecule is CC(Nc1ccc([N+](=O)[O-])cc1Br)c1cncs1. The normalized spacial score (nSPS) is 12.1. The zero-order valence-corrected chi connectivity index (χ0v) is 11.9. The second kappa shape index (κ2) is 5.45. The van der Waals surface area contributed by atoms with Crippen molar-refractivity contribution in [2.75, 3.05) is 5.32 Å². The van der Waals surface area contributed by atoms with Gasteiger partial charge in [-0.15, -0.1) is 11.3 Å². The highest BCUT2D eigenvalue weighted by Crippen LogP contribution is 2.30. The molecular formula is C11H10BrN3O2S. The predicted octanol–water partition coefficient (Wildman–Crippen LogP) is 3.99. The number of non-ortho nitro benzene ring substituents is 1. The van der Waals surface area contributed by atoms with Crippen molar-refractivity contribution in [3.8, 4) is 0 Å². The van der Waals surface area contributed by atoms with Gasteiger partial charge in [0, 0.05) is 33.4 Å². The molecule has 7 heteroatoms. The van der Waals surface area contributed by atoms with Gasteiger partial charge in [-0.2, -0.15) is 0 Å². The van der Waals surface area contributed by atoms with Crippen LogP contribution in [0.1, 0.15) is 17.8 Å². The lowest BCUT2D eigenvalue weighted by atomic mass is 10.2. The fraction of sp³-hybridized carbons (Fsp3) is 0.182. The molecule has 1 atom stereocenters. The van der Waals surface area contributed by atoms with Crippen LogP contribution in [0, 0.1) is 10.1 Å². The summed E-state index contributed by atoms with van der Waals surface area (Å²) in [6, 6.07) is 4.77. The molecule has 0 radical (unpaired) electrons. The first kappa shape index (κ1) is 13.0. The fourth-order valence-corrected chi connectivity index (χ4v) is 2.59. The van der Waals surface area contributed by atoms with E-state index in [0.29, 0.717) is 4.47 Å². The molecule has 0 saturated carbocycles. The molecule has 1 heterocycles. The highest BCUT2D eigenvalue weighted by molar-refractivity contribution is 9.10. The lowest BCUT2D eigenvalue weighted by molar-refractivity contribution is -0.384. The molecule has 18 heavy (non-hydrogen) atoms. The molecule has 2 rings (SSSR count). The summed E-state index contributed by atoms with van der Waals surface area (Å²) in [6.07, 6.45) is 1.81. The maximum absolute atomic E-state index is 10.6. The van der Waals surface area contributed by atoms with Gasteiger partial charge in [0.05, 0.1) is 16.5 Å². The number of benzene rings is 1. The van der Waals surface area contributed by atoms with E-state index in [4.69, 9.17) is 0 Å². The Balaban J connectivity index is 2.17. The van der Waals surface area contributed by atoms with Crippen LogP contribution in [0.4, 0.5) is 11.4 Å². The Kier molecular flexibility index (Phi) is 3.93. The number of nitro benzene ring substituents is 1. The number of nitrogens with zero attached hydrogens (tertiary/aromatic N) is 2. The molecule has 0 aliphatic heterocycles. The Morgan fingerprint density at radius 2 is 2.33 bits per heavy atom. The van der Waals surface area contributed by atoms with E-state index in [9.17, 15) is 10.1 Å². The molecular weight excluding hydrogens is 318 g/mol. The number of hydrogen-bond donors (Lipinski definition) is 1. The Morgan fingerprint density at radius 3 is 2.89 bits per heavy atom. The quantitative estimate of drug-likeness (QED) is 0.681. The molecule has 94 valence electrons. The first-order valence-corrected chi connectivity index (χ1v) is 6.84. The van der Waals surface area contributed by atoms with E-state index in [0.717, 1.165) is 10.6 Å². The van der Waals surface area contributed by atoms with Gasteiger partial charge in [0.25, 0.3) is 5.69 Å². The van der Waals surface area contributed by atoms with Gasteiger partial charge in [0.15, 0.2) is 0 Å². The predicted molar refractivity (Wildman–Crippen MR) is 74.9 cm³/mol. The van der Waals surface area contributed by atoms with E-state index in [1.165, 1.54) is 12.1 Å². The molecule has 1 unspecified atom stereocenters. The van der Waals surface area contributed by atoms with Crippen molar-refractivity contribution in [1.29, 1.82) is 0 Å². The van der Waals surface area contributed by atoms with Gasteiger partial charge in [-0.3, -0.25) is 15.1 Å². The monoisotopic (exact) mass is 327 g/mol. The highest BCUT2D eigenvalue weighted by atomic mass is 79.9. The number of hydrogen-bond acceptors (Lipinski definition) is 5. The summed E-state index contributed by atoms with van der Waals surface area (Å²) in [6.45, 7) is 2.02. The topological polar surface area (TPSA) is 68.1 Å². The van der Waals surface area contributed by atoms with Gasteiger partial charge in [-0.1, -0.05) is 0 Å². The fourth-order valence-electron chi connectivity index (χ4n) is 1.48. The Morgan fingerprint density at radius 1 is 1.56 bits per heavy atom. The largest absolute Gasteiger partial charge is 0.377 e. The number of aromatic nitrogens is 1. The van der Waals surface area contributed by atoms with Crippen molar-refractivity contribution in [1.82, 2.24) is 4.98 Å². The maximum atomic E-state index is 10.6. The molecule has 0 fully saturated rings. The molecule has 1 N–H and O–H groups in total. The van der Waals surface area contributed by atoms with E-state index in [1.807, 2.05) is 13.1 Å². The first-order valence-electron chi connectivity index (χ1n) is 5.17. The third kappa shape index (κ3) is 2.85. The molecule has 5 nitrogen and oxygen atoms in total. The van der Waals surface area contributed by atoms with E-state index in [-0.39, 0.29) is 11.7 Å². The third-order valence-corrected chi connectivity index (χ3v) is 4.03. The third-order valence-electron chi connectivity index (χ3n) is 2.41. The lowest BCUT2D eigenvalue weighted by Crippen LogP contribution is -2.05. The maximum Gasteiger partial charge on any atom is 0.270 e. The summed E-state index contributed by atoms with van der Waals surface area (Å²) in [5.74, 6) is 0. The highest BCUT2D eigenvalue weighted by Gasteiger charge is 2.12. The van der Waals surface area contributed by atoms with Crippen molar-refractivity contribution in [3.63, 3.8) is 0 Å². The van der Waals surface area contributed by atoms with Crippen molar-refractivity contribution < 1.29 is 4.92 Å². The molecule has 0 amide bonds. The van der Waals surface area contributed by atoms with Gasteiger partial charge in [-0.25, -0.2) is 0 Å². The Hall–Kier alpha value is -1.47. The zero-order valence-electron chi connectivity index (χ0n) is 9.46. The second-order valence-corrected chi connectivity index (χ2v) is 5.46. The summed E-state index contributed by atoms with van der Waals surface area (Å²) in [7, 11) is 0. The van der Waals surface area contributed by atoms with E-state index < -0.39 is 4.92 Å². The van der Waals surface area contributed by atoms with E-state index >= 15 is 0 Å². The first-order chi connectivity index (χ1) is 8.58. The number of halogens is 1. The average Bonchev–Trinajstić information content (AvgIpc) is 2.85. The zero-order chi connectivity index (χ0) is 13.1. The number of rotatable bonds is 4. The number of thiazole rings is 1. The van der Waals surface area contributed by atoms with Gasteiger partial charge in [0.2, 0.25) is 0 Å². The molecule has 0 aliphatic carbocycles. The van der Waals surface area contributed by atoms with Crippen LogP contribution in [0.2, 0.25) is 0 Å². The van der Waals surface area contributed by atoms with Crippen molar-refractivity contribution in [2.45, 2.75) is 13.0 Å². The van der Waals surface area contributed by atoms with Crippen LogP contribution >= 0.6 is 27.3 Å². The minimum Gasteiger partial charge on any atom is -0.377 e. The van der Waals surface area contributed by atoms with Gasteiger partial charge >= 0.3 is 0 Å². The van der Waals surface area contributed by atoms with Crippen LogP contribution in [0.25, 0.3) is 0 Å². The Labute approximate surface area is 116 Å². The average molecular weight is 328 g/mol. The molecule has 0 aliphatic rings. The van der Waals surface area contributed by atoms with Gasteiger partial charge < -0.3 is 5.32 Å². The second-order valence-electron chi connectivity index (χ2n) is 3.69. The number of anilines is 1. The van der Waals surface area contributed by atoms with Crippen LogP contribution in [-0.4, -0.2) is 9.91 Å². The van der Waals surface area contributed by atoms with Crippen molar-refractivity contribution >= 4 is 38.6 Å². The number of nitrogens with one attached hydrogen (secondary N) is 1. The minimum atomic E-state index is -0.416. The van der Waals surface area contributed by atoms with Crippen molar-refractivity contribution in [2.24, 2.45) is 0 Å².